The van der Waals surface area contributed by atoms with Crippen LogP contribution in [-0.4, -0.2) is 13.0 Å². The second-order valence-corrected chi connectivity index (χ2v) is 2.88. The smallest absolute Gasteiger partial charge is 0.398 e. The van der Waals surface area contributed by atoms with Crippen molar-refractivity contribution in [3.05, 3.63) is 29.3 Å². The highest BCUT2D eigenvalue weighted by atomic mass is 19.4. The Kier molecular flexibility index (Phi) is 2.88. The highest BCUT2D eigenvalue weighted by Crippen LogP contribution is 2.33. The molecule has 0 saturated heterocycles. The lowest BCUT2D eigenvalue weighted by molar-refractivity contribution is -0.136. The van der Waals surface area contributed by atoms with Crippen molar-refractivity contribution in [1.29, 1.82) is 0 Å². The Morgan fingerprint density at radius 2 is 2.00 bits per heavy atom. The maximum atomic E-state index is 12.4. The number of alkyl halides is 3. The first-order valence-corrected chi connectivity index (χ1v) is 4.05. The number of amides is 1. The predicted octanol–water partition coefficient (Wildman–Crippen LogP) is 1.65. The summed E-state index contributed by atoms with van der Waals surface area (Å²) in [5.74, 6) is -0.583. The van der Waals surface area contributed by atoms with Crippen molar-refractivity contribution in [3.63, 3.8) is 0 Å². The third-order valence-corrected chi connectivity index (χ3v) is 1.85. The zero-order valence-electron chi connectivity index (χ0n) is 7.85. The van der Waals surface area contributed by atoms with E-state index in [9.17, 15) is 18.0 Å². The molecule has 15 heavy (non-hydrogen) atoms. The largest absolute Gasteiger partial charge is 0.418 e. The van der Waals surface area contributed by atoms with E-state index >= 15 is 0 Å². The molecule has 6 heteroatoms. The summed E-state index contributed by atoms with van der Waals surface area (Å²) in [5.41, 5.74) is 3.71. The summed E-state index contributed by atoms with van der Waals surface area (Å²) in [6.45, 7) is 0. The number of halogens is 3. The molecule has 0 saturated carbocycles. The summed E-state index contributed by atoms with van der Waals surface area (Å²) >= 11 is 0. The van der Waals surface area contributed by atoms with Crippen molar-refractivity contribution in [1.82, 2.24) is 5.32 Å². The summed E-state index contributed by atoms with van der Waals surface area (Å²) in [4.78, 5) is 11.1. The molecule has 0 atom stereocenters. The van der Waals surface area contributed by atoms with Gasteiger partial charge in [-0.15, -0.1) is 0 Å². The Bertz CT molecular complexity index is 387. The van der Waals surface area contributed by atoms with E-state index in [1.165, 1.54) is 13.1 Å². The van der Waals surface area contributed by atoms with Gasteiger partial charge in [0.1, 0.15) is 0 Å². The van der Waals surface area contributed by atoms with Gasteiger partial charge < -0.3 is 11.1 Å². The van der Waals surface area contributed by atoms with Crippen molar-refractivity contribution >= 4 is 11.6 Å². The Balaban J connectivity index is 3.23. The number of benzene rings is 1. The zero-order valence-corrected chi connectivity index (χ0v) is 7.85. The van der Waals surface area contributed by atoms with E-state index in [0.29, 0.717) is 0 Å². The number of anilines is 1. The molecule has 0 bridgehead atoms. The number of hydrogen-bond acceptors (Lipinski definition) is 2. The fraction of sp³-hybridized carbons (Fsp3) is 0.222. The van der Waals surface area contributed by atoms with Gasteiger partial charge in [0.25, 0.3) is 5.91 Å². The number of carbonyl (C=O) groups excluding carboxylic acids is 1. The van der Waals surface area contributed by atoms with Gasteiger partial charge in [-0.3, -0.25) is 4.79 Å². The Hall–Kier alpha value is -1.72. The van der Waals surface area contributed by atoms with Crippen molar-refractivity contribution in [2.24, 2.45) is 0 Å². The lowest BCUT2D eigenvalue weighted by Gasteiger charge is -2.10. The molecule has 0 aliphatic rings. The molecule has 0 fully saturated rings. The Labute approximate surface area is 84.1 Å². The highest BCUT2D eigenvalue weighted by molar-refractivity contribution is 5.94. The number of hydrogen-bond donors (Lipinski definition) is 2. The summed E-state index contributed by atoms with van der Waals surface area (Å²) < 4.78 is 37.2. The molecule has 3 nitrogen and oxygen atoms in total. The van der Waals surface area contributed by atoms with Gasteiger partial charge in [0.15, 0.2) is 0 Å². The first-order chi connectivity index (χ1) is 6.86. The molecule has 0 aliphatic heterocycles. The molecule has 1 aromatic carbocycles. The van der Waals surface area contributed by atoms with Gasteiger partial charge in [0.05, 0.1) is 5.56 Å². The molecule has 0 aliphatic carbocycles. The average Bonchev–Trinajstić information content (AvgIpc) is 2.15. The summed E-state index contributed by atoms with van der Waals surface area (Å²) in [7, 11) is 1.34. The standard InChI is InChI=1S/C9H9F3N2O/c1-14-8(15)5-2-3-7(13)6(4-5)9(10,11)12/h2-4H,13H2,1H3,(H,14,15). The molecule has 0 radical (unpaired) electrons. The first kappa shape index (κ1) is 11.4. The minimum atomic E-state index is -4.55. The van der Waals surface area contributed by atoms with E-state index in [1.807, 2.05) is 0 Å². The van der Waals surface area contributed by atoms with E-state index < -0.39 is 23.3 Å². The number of rotatable bonds is 1. The van der Waals surface area contributed by atoms with Crippen LogP contribution in [0.15, 0.2) is 18.2 Å². The molecule has 0 aromatic heterocycles. The van der Waals surface area contributed by atoms with Gasteiger partial charge in [-0.25, -0.2) is 0 Å². The second kappa shape index (κ2) is 3.80. The van der Waals surface area contributed by atoms with Gasteiger partial charge in [0.2, 0.25) is 0 Å². The maximum absolute atomic E-state index is 12.4. The molecule has 3 N–H and O–H groups in total. The van der Waals surface area contributed by atoms with E-state index in [0.717, 1.165) is 12.1 Å². The lowest BCUT2D eigenvalue weighted by atomic mass is 10.1. The van der Waals surface area contributed by atoms with Crippen LogP contribution in [0.5, 0.6) is 0 Å². The second-order valence-electron chi connectivity index (χ2n) is 2.88. The van der Waals surface area contributed by atoms with Crippen molar-refractivity contribution in [3.8, 4) is 0 Å². The summed E-state index contributed by atoms with van der Waals surface area (Å²) in [5, 5.41) is 2.23. The van der Waals surface area contributed by atoms with Crippen LogP contribution in [0.3, 0.4) is 0 Å². The summed E-state index contributed by atoms with van der Waals surface area (Å²) in [6.07, 6.45) is -4.55. The van der Waals surface area contributed by atoms with Crippen LogP contribution in [0.2, 0.25) is 0 Å². The number of nitrogens with one attached hydrogen (secondary N) is 1. The first-order valence-electron chi connectivity index (χ1n) is 4.05. The average molecular weight is 218 g/mol. The Morgan fingerprint density at radius 1 is 1.40 bits per heavy atom. The number of nitrogens with two attached hydrogens (primary N) is 1. The normalized spacial score (nSPS) is 11.2. The minimum Gasteiger partial charge on any atom is -0.398 e. The Morgan fingerprint density at radius 3 is 2.47 bits per heavy atom. The van der Waals surface area contributed by atoms with E-state index in [2.05, 4.69) is 5.32 Å². The van der Waals surface area contributed by atoms with Crippen molar-refractivity contribution in [2.75, 3.05) is 12.8 Å². The van der Waals surface area contributed by atoms with E-state index in [-0.39, 0.29) is 5.56 Å². The van der Waals surface area contributed by atoms with Gasteiger partial charge in [-0.05, 0) is 18.2 Å². The lowest BCUT2D eigenvalue weighted by Crippen LogP contribution is -2.19. The molecule has 0 heterocycles. The van der Waals surface area contributed by atoms with Crippen LogP contribution in [0, 0.1) is 0 Å². The molecule has 82 valence electrons. The SMILES string of the molecule is CNC(=O)c1ccc(N)c(C(F)(F)F)c1. The number of carbonyl (C=O) groups is 1. The molecular formula is C9H9F3N2O. The zero-order chi connectivity index (χ0) is 11.6. The van der Waals surface area contributed by atoms with Crippen LogP contribution in [0.25, 0.3) is 0 Å². The molecule has 0 unspecified atom stereocenters. The molecule has 1 aromatic rings. The van der Waals surface area contributed by atoms with Crippen molar-refractivity contribution in [2.45, 2.75) is 6.18 Å². The molecule has 0 spiro atoms. The fourth-order valence-electron chi connectivity index (χ4n) is 1.09. The van der Waals surface area contributed by atoms with Crippen LogP contribution in [0.1, 0.15) is 15.9 Å². The minimum absolute atomic E-state index is 0.0703. The van der Waals surface area contributed by atoms with Gasteiger partial charge in [-0.1, -0.05) is 0 Å². The fourth-order valence-corrected chi connectivity index (χ4v) is 1.09. The third-order valence-electron chi connectivity index (χ3n) is 1.85. The van der Waals surface area contributed by atoms with Gasteiger partial charge >= 0.3 is 6.18 Å². The van der Waals surface area contributed by atoms with Crippen LogP contribution >= 0.6 is 0 Å². The van der Waals surface area contributed by atoms with Crippen LogP contribution in [0.4, 0.5) is 18.9 Å². The van der Waals surface area contributed by atoms with Crippen molar-refractivity contribution < 1.29 is 18.0 Å². The molecular weight excluding hydrogens is 209 g/mol. The maximum Gasteiger partial charge on any atom is 0.418 e. The highest BCUT2D eigenvalue weighted by Gasteiger charge is 2.33. The van der Waals surface area contributed by atoms with E-state index in [4.69, 9.17) is 5.73 Å². The van der Waals surface area contributed by atoms with E-state index in [1.54, 1.807) is 0 Å². The topological polar surface area (TPSA) is 55.1 Å². The monoisotopic (exact) mass is 218 g/mol. The predicted molar refractivity (Wildman–Crippen MR) is 49.2 cm³/mol. The van der Waals surface area contributed by atoms with Crippen LogP contribution < -0.4 is 11.1 Å². The van der Waals surface area contributed by atoms with Gasteiger partial charge in [0, 0.05) is 18.3 Å². The molecule has 1 amide bonds. The van der Waals surface area contributed by atoms with Crippen LogP contribution in [-0.2, 0) is 6.18 Å². The number of nitrogen functional groups attached to an aromatic ring is 1. The quantitative estimate of drug-likeness (QED) is 0.704. The summed E-state index contributed by atoms with van der Waals surface area (Å²) in [6, 6.07) is 3.03. The molecule has 1 rings (SSSR count). The third kappa shape index (κ3) is 2.39. The van der Waals surface area contributed by atoms with Gasteiger partial charge in [-0.2, -0.15) is 13.2 Å².